The summed E-state index contributed by atoms with van der Waals surface area (Å²) in [5, 5.41) is 10.1. The van der Waals surface area contributed by atoms with E-state index in [9.17, 15) is 0 Å². The van der Waals surface area contributed by atoms with Crippen molar-refractivity contribution in [1.82, 2.24) is 25.3 Å². The first-order valence-corrected chi connectivity index (χ1v) is 4.69. The number of hydrogen-bond acceptors (Lipinski definition) is 6. The molecule has 15 heavy (non-hydrogen) atoms. The summed E-state index contributed by atoms with van der Waals surface area (Å²) in [6.45, 7) is 1.94. The van der Waals surface area contributed by atoms with E-state index < -0.39 is 0 Å². The molecule has 0 aliphatic heterocycles. The van der Waals surface area contributed by atoms with Gasteiger partial charge in [0.1, 0.15) is 6.33 Å². The molecule has 0 amide bonds. The first kappa shape index (κ1) is 9.78. The third kappa shape index (κ3) is 2.38. The van der Waals surface area contributed by atoms with Gasteiger partial charge in [0.05, 0.1) is 0 Å². The zero-order valence-electron chi connectivity index (χ0n) is 8.34. The van der Waals surface area contributed by atoms with Gasteiger partial charge in [-0.05, 0) is 13.3 Å². The zero-order valence-corrected chi connectivity index (χ0v) is 8.34. The van der Waals surface area contributed by atoms with Crippen molar-refractivity contribution in [2.75, 3.05) is 0 Å². The van der Waals surface area contributed by atoms with Crippen molar-refractivity contribution in [2.24, 2.45) is 5.73 Å². The molecule has 0 aliphatic rings. The second-order valence-electron chi connectivity index (χ2n) is 3.36. The molecule has 3 N–H and O–H groups in total. The topological polar surface area (TPSA) is 107 Å². The average molecular weight is 208 g/mol. The number of nitrogens with zero attached hydrogens (tertiary/aromatic N) is 4. The van der Waals surface area contributed by atoms with Crippen LogP contribution in [-0.2, 0) is 6.42 Å². The molecule has 0 radical (unpaired) electrons. The monoisotopic (exact) mass is 208 g/mol. The van der Waals surface area contributed by atoms with E-state index in [2.05, 4.69) is 25.3 Å². The van der Waals surface area contributed by atoms with Crippen LogP contribution in [0.1, 0.15) is 19.2 Å². The zero-order chi connectivity index (χ0) is 10.7. The van der Waals surface area contributed by atoms with Crippen molar-refractivity contribution in [3.63, 3.8) is 0 Å². The molecule has 0 bridgehead atoms. The van der Waals surface area contributed by atoms with E-state index in [0.29, 0.717) is 24.0 Å². The van der Waals surface area contributed by atoms with Crippen molar-refractivity contribution in [3.8, 4) is 11.6 Å². The van der Waals surface area contributed by atoms with Crippen LogP contribution in [0, 0.1) is 0 Å². The summed E-state index contributed by atoms with van der Waals surface area (Å²) in [5.41, 5.74) is 5.62. The predicted octanol–water partition coefficient (Wildman–Crippen LogP) is 0.134. The lowest BCUT2D eigenvalue weighted by Crippen LogP contribution is -2.15. The fourth-order valence-corrected chi connectivity index (χ4v) is 1.12. The van der Waals surface area contributed by atoms with Crippen LogP contribution in [0.2, 0.25) is 0 Å². The quantitative estimate of drug-likeness (QED) is 0.739. The van der Waals surface area contributed by atoms with Crippen molar-refractivity contribution < 1.29 is 4.52 Å². The van der Waals surface area contributed by atoms with Gasteiger partial charge in [0.15, 0.2) is 5.82 Å². The highest BCUT2D eigenvalue weighted by molar-refractivity contribution is 5.39. The average Bonchev–Trinajstić information content (AvgIpc) is 2.85. The van der Waals surface area contributed by atoms with Crippen LogP contribution in [0.25, 0.3) is 11.6 Å². The smallest absolute Gasteiger partial charge is 0.239 e. The highest BCUT2D eigenvalue weighted by atomic mass is 16.5. The maximum atomic E-state index is 5.62. The van der Waals surface area contributed by atoms with E-state index in [-0.39, 0.29) is 6.04 Å². The number of hydrogen-bond donors (Lipinski definition) is 2. The summed E-state index contributed by atoms with van der Waals surface area (Å²) in [7, 11) is 0. The Balaban J connectivity index is 2.04. The van der Waals surface area contributed by atoms with Gasteiger partial charge < -0.3 is 10.3 Å². The third-order valence-electron chi connectivity index (χ3n) is 1.91. The molecular formula is C8H12N6O. The number of rotatable bonds is 4. The van der Waals surface area contributed by atoms with Crippen LogP contribution in [0.5, 0.6) is 0 Å². The van der Waals surface area contributed by atoms with Crippen molar-refractivity contribution in [3.05, 3.63) is 12.2 Å². The van der Waals surface area contributed by atoms with E-state index >= 15 is 0 Å². The molecule has 80 valence electrons. The highest BCUT2D eigenvalue weighted by Gasteiger charge is 2.10. The largest absolute Gasteiger partial charge is 0.339 e. The van der Waals surface area contributed by atoms with Gasteiger partial charge in [-0.2, -0.15) is 10.1 Å². The lowest BCUT2D eigenvalue weighted by molar-refractivity contribution is 0.372. The molecule has 1 unspecified atom stereocenters. The summed E-state index contributed by atoms with van der Waals surface area (Å²) in [6, 6.07) is 0.130. The summed E-state index contributed by atoms with van der Waals surface area (Å²) in [5.74, 6) is 1.50. The standard InChI is InChI=1S/C8H12N6O/c1-5(9)2-3-6-12-8(14-15-6)7-10-4-11-13-7/h4-5H,2-3,9H2,1H3,(H,10,11,13). The molecule has 7 nitrogen and oxygen atoms in total. The number of H-pyrrole nitrogens is 1. The summed E-state index contributed by atoms with van der Waals surface area (Å²) >= 11 is 0. The van der Waals surface area contributed by atoms with E-state index in [4.69, 9.17) is 10.3 Å². The van der Waals surface area contributed by atoms with Crippen LogP contribution in [-0.4, -0.2) is 31.4 Å². The minimum atomic E-state index is 0.130. The van der Waals surface area contributed by atoms with E-state index in [0.717, 1.165) is 6.42 Å². The van der Waals surface area contributed by atoms with Crippen LogP contribution in [0.3, 0.4) is 0 Å². The maximum absolute atomic E-state index is 5.62. The van der Waals surface area contributed by atoms with Gasteiger partial charge in [0.2, 0.25) is 11.7 Å². The molecule has 2 rings (SSSR count). The molecule has 2 heterocycles. The summed E-state index contributed by atoms with van der Waals surface area (Å²) in [6.07, 6.45) is 2.89. The molecule has 2 aromatic rings. The number of nitrogens with one attached hydrogen (secondary N) is 1. The summed E-state index contributed by atoms with van der Waals surface area (Å²) < 4.78 is 5.03. The van der Waals surface area contributed by atoms with Crippen molar-refractivity contribution >= 4 is 0 Å². The first-order chi connectivity index (χ1) is 7.25. The molecule has 0 fully saturated rings. The second-order valence-corrected chi connectivity index (χ2v) is 3.36. The van der Waals surface area contributed by atoms with Gasteiger partial charge >= 0.3 is 0 Å². The van der Waals surface area contributed by atoms with Gasteiger partial charge in [-0.3, -0.25) is 5.10 Å². The number of aromatic nitrogens is 5. The molecule has 0 saturated carbocycles. The van der Waals surface area contributed by atoms with E-state index in [1.54, 1.807) is 0 Å². The SMILES string of the molecule is CC(N)CCc1nc(-c2ncn[nH]2)no1. The molecule has 2 aromatic heterocycles. The molecule has 0 aliphatic carbocycles. The van der Waals surface area contributed by atoms with Gasteiger partial charge in [-0.15, -0.1) is 0 Å². The molecular weight excluding hydrogens is 196 g/mol. The molecule has 0 aromatic carbocycles. The summed E-state index contributed by atoms with van der Waals surface area (Å²) in [4.78, 5) is 8.08. The molecule has 1 atom stereocenters. The highest BCUT2D eigenvalue weighted by Crippen LogP contribution is 2.10. The Morgan fingerprint density at radius 3 is 3.13 bits per heavy atom. The van der Waals surface area contributed by atoms with Crippen molar-refractivity contribution in [2.45, 2.75) is 25.8 Å². The number of aryl methyl sites for hydroxylation is 1. The van der Waals surface area contributed by atoms with Crippen LogP contribution >= 0.6 is 0 Å². The maximum Gasteiger partial charge on any atom is 0.239 e. The van der Waals surface area contributed by atoms with Crippen molar-refractivity contribution in [1.29, 1.82) is 0 Å². The minimum absolute atomic E-state index is 0.130. The fourth-order valence-electron chi connectivity index (χ4n) is 1.12. The number of aromatic amines is 1. The first-order valence-electron chi connectivity index (χ1n) is 4.69. The lowest BCUT2D eigenvalue weighted by atomic mass is 10.2. The van der Waals surface area contributed by atoms with Crippen LogP contribution < -0.4 is 5.73 Å². The molecule has 0 saturated heterocycles. The number of nitrogens with two attached hydrogens (primary N) is 1. The van der Waals surface area contributed by atoms with Crippen LogP contribution in [0.4, 0.5) is 0 Å². The van der Waals surface area contributed by atoms with Crippen LogP contribution in [0.15, 0.2) is 10.9 Å². The minimum Gasteiger partial charge on any atom is -0.339 e. The van der Waals surface area contributed by atoms with Gasteiger partial charge in [-0.1, -0.05) is 5.16 Å². The molecule has 7 heteroatoms. The Hall–Kier alpha value is -1.76. The Morgan fingerprint density at radius 2 is 2.47 bits per heavy atom. The Morgan fingerprint density at radius 1 is 1.60 bits per heavy atom. The van der Waals surface area contributed by atoms with Gasteiger partial charge in [0.25, 0.3) is 0 Å². The second kappa shape index (κ2) is 4.18. The van der Waals surface area contributed by atoms with Gasteiger partial charge in [0, 0.05) is 12.5 Å². The lowest BCUT2D eigenvalue weighted by Gasteiger charge is -1.99. The fraction of sp³-hybridized carbons (Fsp3) is 0.500. The molecule has 0 spiro atoms. The Labute approximate surface area is 86.1 Å². The van der Waals surface area contributed by atoms with E-state index in [1.165, 1.54) is 6.33 Å². The Bertz CT molecular complexity index is 406. The Kier molecular flexibility index (Phi) is 2.72. The predicted molar refractivity (Wildman–Crippen MR) is 51.6 cm³/mol. The third-order valence-corrected chi connectivity index (χ3v) is 1.91. The van der Waals surface area contributed by atoms with Gasteiger partial charge in [-0.25, -0.2) is 4.98 Å². The van der Waals surface area contributed by atoms with E-state index in [1.807, 2.05) is 6.92 Å². The normalized spacial score (nSPS) is 12.9.